The minimum absolute atomic E-state index is 0.242. The van der Waals surface area contributed by atoms with Crippen LogP contribution in [0.15, 0.2) is 46.3 Å². The molecule has 1 amide bonds. The zero-order valence-electron chi connectivity index (χ0n) is 13.8. The maximum atomic E-state index is 12.4. The fraction of sp³-hybridized carbons (Fsp3) is 0.294. The second-order valence-corrected chi connectivity index (χ2v) is 7.59. The molecule has 0 bridgehead atoms. The van der Waals surface area contributed by atoms with Crippen LogP contribution in [0.25, 0.3) is 6.08 Å². The number of aryl methyl sites for hydroxylation is 1. The van der Waals surface area contributed by atoms with E-state index in [-0.39, 0.29) is 24.7 Å². The molecule has 8 heteroatoms. The van der Waals surface area contributed by atoms with Gasteiger partial charge in [0.05, 0.1) is 0 Å². The largest absolute Gasteiger partial charge is 0.361 e. The molecule has 2 heterocycles. The fourth-order valence-electron chi connectivity index (χ4n) is 2.59. The molecule has 0 saturated carbocycles. The van der Waals surface area contributed by atoms with E-state index >= 15 is 0 Å². The number of sulfonamides is 1. The summed E-state index contributed by atoms with van der Waals surface area (Å²) >= 11 is 0. The molecule has 1 saturated heterocycles. The van der Waals surface area contributed by atoms with Crippen LogP contribution in [0, 0.1) is 6.92 Å². The highest BCUT2D eigenvalue weighted by atomic mass is 32.2. The number of rotatable bonds is 4. The molecule has 1 aliphatic heterocycles. The number of piperazine rings is 1. The first-order valence-corrected chi connectivity index (χ1v) is 9.42. The van der Waals surface area contributed by atoms with E-state index in [1.807, 2.05) is 30.3 Å². The molecule has 0 N–H and O–H groups in total. The maximum Gasteiger partial charge on any atom is 0.276 e. The molecular weight excluding hydrogens is 342 g/mol. The molecule has 0 aliphatic carbocycles. The number of aromatic nitrogens is 1. The van der Waals surface area contributed by atoms with Crippen molar-refractivity contribution in [1.82, 2.24) is 14.4 Å². The number of hydrogen-bond donors (Lipinski definition) is 0. The Labute approximate surface area is 146 Å². The van der Waals surface area contributed by atoms with E-state index in [4.69, 9.17) is 4.52 Å². The minimum atomic E-state index is -3.51. The second kappa shape index (κ2) is 7.20. The van der Waals surface area contributed by atoms with Crippen LogP contribution in [0.3, 0.4) is 0 Å². The van der Waals surface area contributed by atoms with Gasteiger partial charge in [-0.05, 0) is 18.6 Å². The topological polar surface area (TPSA) is 83.7 Å². The second-order valence-electron chi connectivity index (χ2n) is 5.77. The number of carbonyl (C=O) groups excluding carboxylic acids is 1. The summed E-state index contributed by atoms with van der Waals surface area (Å²) in [5, 5.41) is 4.92. The van der Waals surface area contributed by atoms with Gasteiger partial charge in [-0.25, -0.2) is 8.42 Å². The molecule has 1 aromatic carbocycles. The van der Waals surface area contributed by atoms with Crippen LogP contribution in [0.4, 0.5) is 0 Å². The van der Waals surface area contributed by atoms with Gasteiger partial charge in [-0.15, -0.1) is 0 Å². The normalized spacial score (nSPS) is 16.4. The van der Waals surface area contributed by atoms with Crippen molar-refractivity contribution in [3.8, 4) is 0 Å². The lowest BCUT2D eigenvalue weighted by Gasteiger charge is -2.32. The van der Waals surface area contributed by atoms with Gasteiger partial charge in [0.25, 0.3) is 5.91 Å². The number of benzene rings is 1. The highest BCUT2D eigenvalue weighted by Gasteiger charge is 2.28. The van der Waals surface area contributed by atoms with Crippen LogP contribution in [-0.4, -0.2) is 54.9 Å². The lowest BCUT2D eigenvalue weighted by Crippen LogP contribution is -2.50. The summed E-state index contributed by atoms with van der Waals surface area (Å²) in [4.78, 5) is 13.9. The van der Waals surface area contributed by atoms with Gasteiger partial charge in [-0.1, -0.05) is 35.5 Å². The van der Waals surface area contributed by atoms with Crippen molar-refractivity contribution in [1.29, 1.82) is 0 Å². The number of carbonyl (C=O) groups is 1. The first-order chi connectivity index (χ1) is 12.0. The van der Waals surface area contributed by atoms with Gasteiger partial charge in [0.2, 0.25) is 10.0 Å². The Morgan fingerprint density at radius 3 is 2.44 bits per heavy atom. The zero-order chi connectivity index (χ0) is 17.9. The molecule has 1 aliphatic rings. The van der Waals surface area contributed by atoms with Crippen molar-refractivity contribution in [2.45, 2.75) is 6.92 Å². The predicted octanol–water partition coefficient (Wildman–Crippen LogP) is 1.74. The summed E-state index contributed by atoms with van der Waals surface area (Å²) in [5.74, 6) is 0.323. The smallest absolute Gasteiger partial charge is 0.276 e. The number of nitrogens with zero attached hydrogens (tertiary/aromatic N) is 3. The quantitative estimate of drug-likeness (QED) is 0.828. The highest BCUT2D eigenvalue weighted by molar-refractivity contribution is 7.92. The Bertz CT molecular complexity index is 866. The van der Waals surface area contributed by atoms with E-state index in [1.165, 1.54) is 9.71 Å². The van der Waals surface area contributed by atoms with Gasteiger partial charge in [0, 0.05) is 37.7 Å². The van der Waals surface area contributed by atoms with Crippen LogP contribution in [0.2, 0.25) is 0 Å². The van der Waals surface area contributed by atoms with Gasteiger partial charge >= 0.3 is 0 Å². The minimum Gasteiger partial charge on any atom is -0.361 e. The Morgan fingerprint density at radius 1 is 1.16 bits per heavy atom. The van der Waals surface area contributed by atoms with Crippen molar-refractivity contribution in [2.75, 3.05) is 26.2 Å². The molecule has 0 atom stereocenters. The van der Waals surface area contributed by atoms with E-state index in [0.29, 0.717) is 18.8 Å². The molecule has 0 spiro atoms. The van der Waals surface area contributed by atoms with Crippen molar-refractivity contribution in [3.05, 3.63) is 58.8 Å². The molecule has 1 aromatic heterocycles. The zero-order valence-corrected chi connectivity index (χ0v) is 14.6. The summed E-state index contributed by atoms with van der Waals surface area (Å²) in [5.41, 5.74) is 1.07. The van der Waals surface area contributed by atoms with Crippen LogP contribution in [0.5, 0.6) is 0 Å². The monoisotopic (exact) mass is 361 g/mol. The lowest BCUT2D eigenvalue weighted by molar-refractivity contribution is 0.0688. The van der Waals surface area contributed by atoms with Gasteiger partial charge in [0.1, 0.15) is 5.76 Å². The standard InChI is InChI=1S/C17H19N3O4S/c1-14-13-16(18-24-14)17(21)19-8-10-20(11-9-19)25(22,23)12-7-15-5-3-2-4-6-15/h2-7,12-13H,8-11H2,1H3/b12-7+. The van der Waals surface area contributed by atoms with Crippen LogP contribution in [0.1, 0.15) is 21.8 Å². The van der Waals surface area contributed by atoms with Gasteiger partial charge in [0.15, 0.2) is 5.69 Å². The summed E-state index contributed by atoms with van der Waals surface area (Å²) in [7, 11) is -3.51. The molecule has 25 heavy (non-hydrogen) atoms. The van der Waals surface area contributed by atoms with Crippen molar-refractivity contribution >= 4 is 22.0 Å². The molecule has 3 rings (SSSR count). The summed E-state index contributed by atoms with van der Waals surface area (Å²) < 4.78 is 31.1. The van der Waals surface area contributed by atoms with Crippen LogP contribution in [-0.2, 0) is 10.0 Å². The molecule has 0 unspecified atom stereocenters. The maximum absolute atomic E-state index is 12.4. The van der Waals surface area contributed by atoms with E-state index in [9.17, 15) is 13.2 Å². The average molecular weight is 361 g/mol. The van der Waals surface area contributed by atoms with E-state index in [0.717, 1.165) is 5.56 Å². The lowest BCUT2D eigenvalue weighted by atomic mass is 10.2. The summed E-state index contributed by atoms with van der Waals surface area (Å²) in [6, 6.07) is 10.8. The molecule has 2 aromatic rings. The van der Waals surface area contributed by atoms with Crippen molar-refractivity contribution in [2.24, 2.45) is 0 Å². The Morgan fingerprint density at radius 2 is 1.84 bits per heavy atom. The van der Waals surface area contributed by atoms with Gasteiger partial charge in [-0.2, -0.15) is 4.31 Å². The number of amides is 1. The Hall–Kier alpha value is -2.45. The third-order valence-corrected chi connectivity index (χ3v) is 5.53. The summed E-state index contributed by atoms with van der Waals surface area (Å²) in [6.45, 7) is 2.87. The highest BCUT2D eigenvalue weighted by Crippen LogP contribution is 2.14. The van der Waals surface area contributed by atoms with Crippen LogP contribution >= 0.6 is 0 Å². The summed E-state index contributed by atoms with van der Waals surface area (Å²) in [6.07, 6.45) is 1.57. The molecular formula is C17H19N3O4S. The third kappa shape index (κ3) is 4.15. The van der Waals surface area contributed by atoms with Gasteiger partial charge in [-0.3, -0.25) is 4.79 Å². The van der Waals surface area contributed by atoms with E-state index in [1.54, 1.807) is 24.0 Å². The third-order valence-electron chi connectivity index (χ3n) is 3.96. The van der Waals surface area contributed by atoms with Crippen molar-refractivity contribution < 1.29 is 17.7 Å². The van der Waals surface area contributed by atoms with Crippen LogP contribution < -0.4 is 0 Å². The molecule has 7 nitrogen and oxygen atoms in total. The molecule has 0 radical (unpaired) electrons. The SMILES string of the molecule is Cc1cc(C(=O)N2CCN(S(=O)(=O)/C=C/c3ccccc3)CC2)no1. The first-order valence-electron chi connectivity index (χ1n) is 7.91. The number of hydrogen-bond acceptors (Lipinski definition) is 5. The predicted molar refractivity (Wildman–Crippen MR) is 93.1 cm³/mol. The Balaban J connectivity index is 1.61. The Kier molecular flexibility index (Phi) is 5.00. The fourth-order valence-corrected chi connectivity index (χ4v) is 3.76. The average Bonchev–Trinajstić information content (AvgIpc) is 3.07. The first kappa shape index (κ1) is 17.4. The van der Waals surface area contributed by atoms with Gasteiger partial charge < -0.3 is 9.42 Å². The molecule has 1 fully saturated rings. The molecule has 132 valence electrons. The van der Waals surface area contributed by atoms with E-state index < -0.39 is 10.0 Å². The van der Waals surface area contributed by atoms with Crippen molar-refractivity contribution in [3.63, 3.8) is 0 Å². The van der Waals surface area contributed by atoms with E-state index in [2.05, 4.69) is 5.16 Å².